The fraction of sp³-hybridized carbons (Fsp3) is 0.462. The Morgan fingerprint density at radius 1 is 1.22 bits per heavy atom. The van der Waals surface area contributed by atoms with Gasteiger partial charge >= 0.3 is 0 Å². The number of pyridine rings is 1. The molecule has 94 valence electrons. The van der Waals surface area contributed by atoms with Crippen LogP contribution in [0.25, 0.3) is 11.4 Å². The smallest absolute Gasteiger partial charge is 0.164 e. The number of hydrogen-bond acceptors (Lipinski definition) is 4. The van der Waals surface area contributed by atoms with Crippen molar-refractivity contribution in [2.24, 2.45) is 5.73 Å². The molecule has 2 aromatic rings. The van der Waals surface area contributed by atoms with E-state index < -0.39 is 0 Å². The van der Waals surface area contributed by atoms with Crippen LogP contribution < -0.4 is 5.73 Å². The van der Waals surface area contributed by atoms with Crippen LogP contribution in [-0.2, 0) is 19.5 Å². The topological polar surface area (TPSA) is 69.6 Å². The lowest BCUT2D eigenvalue weighted by Gasteiger charge is -2.07. The molecule has 5 nitrogen and oxygen atoms in total. The maximum Gasteiger partial charge on any atom is 0.164 e. The maximum atomic E-state index is 5.63. The molecule has 0 saturated heterocycles. The summed E-state index contributed by atoms with van der Waals surface area (Å²) < 4.78 is 2.24. The summed E-state index contributed by atoms with van der Waals surface area (Å²) in [5.74, 6) is 2.05. The normalized spacial score (nSPS) is 15.2. The molecule has 1 aliphatic heterocycles. The van der Waals surface area contributed by atoms with Gasteiger partial charge in [0.1, 0.15) is 5.82 Å². The van der Waals surface area contributed by atoms with E-state index in [0.717, 1.165) is 35.9 Å². The second kappa shape index (κ2) is 4.86. The molecule has 18 heavy (non-hydrogen) atoms. The summed E-state index contributed by atoms with van der Waals surface area (Å²) in [6.07, 6.45) is 6.50. The van der Waals surface area contributed by atoms with E-state index in [0.29, 0.717) is 6.54 Å². The molecule has 3 heterocycles. The van der Waals surface area contributed by atoms with Gasteiger partial charge in [0.15, 0.2) is 5.82 Å². The third-order valence-electron chi connectivity index (χ3n) is 3.39. The molecule has 0 aliphatic carbocycles. The molecular weight excluding hydrogens is 226 g/mol. The molecule has 0 bridgehead atoms. The molecule has 3 rings (SSSR count). The summed E-state index contributed by atoms with van der Waals surface area (Å²) in [6, 6.07) is 3.98. The predicted molar refractivity (Wildman–Crippen MR) is 68.7 cm³/mol. The summed E-state index contributed by atoms with van der Waals surface area (Å²) in [6.45, 7) is 1.47. The van der Waals surface area contributed by atoms with E-state index in [1.165, 1.54) is 19.3 Å². The average Bonchev–Trinajstić information content (AvgIpc) is 2.68. The Balaban J connectivity index is 2.03. The molecule has 0 saturated carbocycles. The van der Waals surface area contributed by atoms with Crippen LogP contribution in [0.15, 0.2) is 18.3 Å². The quantitative estimate of drug-likeness (QED) is 0.868. The van der Waals surface area contributed by atoms with Crippen molar-refractivity contribution >= 4 is 0 Å². The number of hydrogen-bond donors (Lipinski definition) is 1. The third kappa shape index (κ3) is 2.01. The van der Waals surface area contributed by atoms with Crippen molar-refractivity contribution in [2.75, 3.05) is 0 Å². The Kier molecular flexibility index (Phi) is 3.06. The Morgan fingerprint density at radius 3 is 3.06 bits per heavy atom. The third-order valence-corrected chi connectivity index (χ3v) is 3.39. The standard InChI is InChI=1S/C13H17N5/c14-9-11-8-10(5-6-15-11)13-17-16-12-4-2-1-3-7-18(12)13/h5-6,8H,1-4,7,9,14H2. The molecule has 0 atom stereocenters. The van der Waals surface area contributed by atoms with Gasteiger partial charge in [-0.25, -0.2) is 0 Å². The Hall–Kier alpha value is -1.75. The van der Waals surface area contributed by atoms with Gasteiger partial charge in [-0.1, -0.05) is 6.42 Å². The van der Waals surface area contributed by atoms with Gasteiger partial charge in [-0.15, -0.1) is 10.2 Å². The number of nitrogens with zero attached hydrogens (tertiary/aromatic N) is 4. The predicted octanol–water partition coefficient (Wildman–Crippen LogP) is 1.53. The Morgan fingerprint density at radius 2 is 2.17 bits per heavy atom. The number of rotatable bonds is 2. The van der Waals surface area contributed by atoms with Crippen LogP contribution in [-0.4, -0.2) is 19.7 Å². The highest BCUT2D eigenvalue weighted by Crippen LogP contribution is 2.22. The van der Waals surface area contributed by atoms with Crippen molar-refractivity contribution in [3.8, 4) is 11.4 Å². The lowest BCUT2D eigenvalue weighted by atomic mass is 10.2. The minimum Gasteiger partial charge on any atom is -0.325 e. The minimum absolute atomic E-state index is 0.453. The van der Waals surface area contributed by atoms with Gasteiger partial charge in [-0.3, -0.25) is 4.98 Å². The van der Waals surface area contributed by atoms with Crippen molar-refractivity contribution in [1.29, 1.82) is 0 Å². The van der Waals surface area contributed by atoms with E-state index in [4.69, 9.17) is 5.73 Å². The van der Waals surface area contributed by atoms with E-state index in [2.05, 4.69) is 19.7 Å². The zero-order chi connectivity index (χ0) is 12.4. The molecule has 0 aromatic carbocycles. The van der Waals surface area contributed by atoms with E-state index in [1.54, 1.807) is 6.20 Å². The average molecular weight is 243 g/mol. The minimum atomic E-state index is 0.453. The highest BCUT2D eigenvalue weighted by atomic mass is 15.3. The zero-order valence-corrected chi connectivity index (χ0v) is 10.3. The SMILES string of the molecule is NCc1cc(-c2nnc3n2CCCCC3)ccn1. The van der Waals surface area contributed by atoms with Gasteiger partial charge < -0.3 is 10.3 Å². The van der Waals surface area contributed by atoms with Crippen LogP contribution in [0.1, 0.15) is 30.8 Å². The second-order valence-electron chi connectivity index (χ2n) is 4.64. The van der Waals surface area contributed by atoms with Gasteiger partial charge in [0, 0.05) is 31.3 Å². The lowest BCUT2D eigenvalue weighted by molar-refractivity contribution is 0.636. The van der Waals surface area contributed by atoms with Crippen LogP contribution in [0.3, 0.4) is 0 Å². The van der Waals surface area contributed by atoms with Gasteiger partial charge in [-0.05, 0) is 25.0 Å². The van der Waals surface area contributed by atoms with Crippen molar-refractivity contribution < 1.29 is 0 Å². The molecule has 1 aliphatic rings. The number of aromatic nitrogens is 4. The molecule has 0 unspecified atom stereocenters. The van der Waals surface area contributed by atoms with Gasteiger partial charge in [0.05, 0.1) is 5.69 Å². The zero-order valence-electron chi connectivity index (χ0n) is 10.3. The number of aryl methyl sites for hydroxylation is 1. The highest BCUT2D eigenvalue weighted by Gasteiger charge is 2.15. The first-order valence-corrected chi connectivity index (χ1v) is 6.46. The van der Waals surface area contributed by atoms with E-state index in [-0.39, 0.29) is 0 Å². The van der Waals surface area contributed by atoms with Crippen LogP contribution in [0, 0.1) is 0 Å². The first kappa shape index (κ1) is 11.3. The molecular formula is C13H17N5. The maximum absolute atomic E-state index is 5.63. The summed E-state index contributed by atoms with van der Waals surface area (Å²) in [5, 5.41) is 8.64. The van der Waals surface area contributed by atoms with Gasteiger partial charge in [-0.2, -0.15) is 0 Å². The largest absolute Gasteiger partial charge is 0.325 e. The van der Waals surface area contributed by atoms with E-state index in [9.17, 15) is 0 Å². The number of fused-ring (bicyclic) bond motifs is 1. The van der Waals surface area contributed by atoms with Crippen molar-refractivity contribution in [3.63, 3.8) is 0 Å². The second-order valence-corrected chi connectivity index (χ2v) is 4.64. The summed E-state index contributed by atoms with van der Waals surface area (Å²) >= 11 is 0. The first-order chi connectivity index (χ1) is 8.88. The van der Waals surface area contributed by atoms with Crippen LogP contribution in [0.2, 0.25) is 0 Å². The van der Waals surface area contributed by atoms with Gasteiger partial charge in [0.25, 0.3) is 0 Å². The molecule has 0 radical (unpaired) electrons. The van der Waals surface area contributed by atoms with Crippen molar-refractivity contribution in [2.45, 2.75) is 38.8 Å². The van der Waals surface area contributed by atoms with Crippen LogP contribution >= 0.6 is 0 Å². The summed E-state index contributed by atoms with van der Waals surface area (Å²) in [5.41, 5.74) is 7.58. The molecule has 5 heteroatoms. The fourth-order valence-electron chi connectivity index (χ4n) is 2.43. The van der Waals surface area contributed by atoms with Crippen molar-refractivity contribution in [3.05, 3.63) is 29.8 Å². The molecule has 0 spiro atoms. The van der Waals surface area contributed by atoms with Gasteiger partial charge in [0.2, 0.25) is 0 Å². The van der Waals surface area contributed by atoms with Crippen LogP contribution in [0.4, 0.5) is 0 Å². The Bertz CT molecular complexity index is 546. The molecule has 0 fully saturated rings. The fourth-order valence-corrected chi connectivity index (χ4v) is 2.43. The van der Waals surface area contributed by atoms with E-state index >= 15 is 0 Å². The molecule has 2 aromatic heterocycles. The first-order valence-electron chi connectivity index (χ1n) is 6.46. The summed E-state index contributed by atoms with van der Waals surface area (Å²) in [4.78, 5) is 4.22. The molecule has 2 N–H and O–H groups in total. The van der Waals surface area contributed by atoms with E-state index in [1.807, 2.05) is 12.1 Å². The lowest BCUT2D eigenvalue weighted by Crippen LogP contribution is -2.04. The summed E-state index contributed by atoms with van der Waals surface area (Å²) in [7, 11) is 0. The Labute approximate surface area is 106 Å². The monoisotopic (exact) mass is 243 g/mol. The highest BCUT2D eigenvalue weighted by molar-refractivity contribution is 5.55. The van der Waals surface area contributed by atoms with Crippen molar-refractivity contribution in [1.82, 2.24) is 19.7 Å². The molecule has 0 amide bonds. The number of nitrogens with two attached hydrogens (primary N) is 1. The van der Waals surface area contributed by atoms with Crippen LogP contribution in [0.5, 0.6) is 0 Å².